The van der Waals surface area contributed by atoms with E-state index in [1.165, 1.54) is 5.56 Å². The lowest BCUT2D eigenvalue weighted by molar-refractivity contribution is -0.132. The van der Waals surface area contributed by atoms with Crippen molar-refractivity contribution in [2.75, 3.05) is 6.54 Å². The Morgan fingerprint density at radius 3 is 3.05 bits per heavy atom. The van der Waals surface area contributed by atoms with Gasteiger partial charge in [0.05, 0.1) is 5.69 Å². The summed E-state index contributed by atoms with van der Waals surface area (Å²) in [6.45, 7) is 1.38. The molecular formula is C16H16BrN3O. The van der Waals surface area contributed by atoms with Gasteiger partial charge in [0.1, 0.15) is 6.33 Å². The minimum Gasteiger partial charge on any atom is -0.338 e. The first kappa shape index (κ1) is 14.2. The summed E-state index contributed by atoms with van der Waals surface area (Å²) >= 11 is 3.52. The molecule has 21 heavy (non-hydrogen) atoms. The average Bonchev–Trinajstić information content (AvgIpc) is 2.53. The molecule has 0 radical (unpaired) electrons. The van der Waals surface area contributed by atoms with E-state index < -0.39 is 0 Å². The van der Waals surface area contributed by atoms with Gasteiger partial charge in [-0.25, -0.2) is 9.97 Å². The summed E-state index contributed by atoms with van der Waals surface area (Å²) in [5, 5.41) is 0. The van der Waals surface area contributed by atoms with Crippen LogP contribution in [0.25, 0.3) is 0 Å². The average molecular weight is 346 g/mol. The molecule has 1 aromatic heterocycles. The Hall–Kier alpha value is -1.75. The molecule has 1 aliphatic rings. The monoisotopic (exact) mass is 345 g/mol. The van der Waals surface area contributed by atoms with Gasteiger partial charge >= 0.3 is 0 Å². The lowest BCUT2D eigenvalue weighted by Crippen LogP contribution is -2.36. The molecule has 0 spiro atoms. The van der Waals surface area contributed by atoms with E-state index in [0.717, 1.165) is 35.1 Å². The molecule has 2 heterocycles. The van der Waals surface area contributed by atoms with Crippen LogP contribution in [0.4, 0.5) is 0 Å². The Morgan fingerprint density at radius 2 is 2.19 bits per heavy atom. The summed E-state index contributed by atoms with van der Waals surface area (Å²) in [7, 11) is 0. The number of aryl methyl sites for hydroxylation is 1. The summed E-state index contributed by atoms with van der Waals surface area (Å²) in [4.78, 5) is 22.6. The first-order valence-corrected chi connectivity index (χ1v) is 7.82. The van der Waals surface area contributed by atoms with Crippen molar-refractivity contribution >= 4 is 21.8 Å². The number of fused-ring (bicyclic) bond motifs is 1. The van der Waals surface area contributed by atoms with Crippen molar-refractivity contribution in [1.29, 1.82) is 0 Å². The fourth-order valence-corrected chi connectivity index (χ4v) is 3.06. The molecule has 108 valence electrons. The van der Waals surface area contributed by atoms with Crippen LogP contribution in [0.1, 0.15) is 23.2 Å². The number of hydrogen-bond donors (Lipinski definition) is 0. The van der Waals surface area contributed by atoms with E-state index >= 15 is 0 Å². The van der Waals surface area contributed by atoms with E-state index in [-0.39, 0.29) is 5.91 Å². The summed E-state index contributed by atoms with van der Waals surface area (Å²) in [6, 6.07) is 8.04. The van der Waals surface area contributed by atoms with Gasteiger partial charge in [0.2, 0.25) is 5.91 Å². The topological polar surface area (TPSA) is 46.1 Å². The van der Waals surface area contributed by atoms with Crippen LogP contribution >= 0.6 is 15.9 Å². The van der Waals surface area contributed by atoms with E-state index in [9.17, 15) is 4.79 Å². The maximum Gasteiger partial charge on any atom is 0.223 e. The molecule has 0 bridgehead atoms. The molecule has 3 rings (SSSR count). The van der Waals surface area contributed by atoms with Gasteiger partial charge in [0, 0.05) is 42.2 Å². The smallest absolute Gasteiger partial charge is 0.223 e. The zero-order valence-corrected chi connectivity index (χ0v) is 13.2. The molecule has 0 fully saturated rings. The number of nitrogens with zero attached hydrogens (tertiary/aromatic N) is 3. The third-order valence-electron chi connectivity index (χ3n) is 3.78. The number of aromatic nitrogens is 2. The van der Waals surface area contributed by atoms with E-state index in [1.54, 1.807) is 6.33 Å². The molecule has 1 aromatic carbocycles. The number of rotatable bonds is 3. The number of amides is 1. The van der Waals surface area contributed by atoms with Crippen LogP contribution in [0.2, 0.25) is 0 Å². The molecule has 0 saturated heterocycles. The molecule has 1 amide bonds. The van der Waals surface area contributed by atoms with Crippen LogP contribution in [0.3, 0.4) is 0 Å². The molecule has 5 heteroatoms. The van der Waals surface area contributed by atoms with E-state index in [1.807, 2.05) is 29.3 Å². The van der Waals surface area contributed by atoms with E-state index in [0.29, 0.717) is 13.0 Å². The van der Waals surface area contributed by atoms with E-state index in [2.05, 4.69) is 32.0 Å². The normalized spacial score (nSPS) is 13.9. The van der Waals surface area contributed by atoms with Crippen LogP contribution in [-0.2, 0) is 24.2 Å². The van der Waals surface area contributed by atoms with Gasteiger partial charge in [-0.1, -0.05) is 34.1 Å². The zero-order valence-electron chi connectivity index (χ0n) is 11.6. The zero-order chi connectivity index (χ0) is 14.7. The molecular weight excluding hydrogens is 330 g/mol. The van der Waals surface area contributed by atoms with E-state index in [4.69, 9.17) is 0 Å². The maximum absolute atomic E-state index is 12.4. The number of carbonyl (C=O) groups is 1. The second-order valence-electron chi connectivity index (χ2n) is 5.15. The highest BCUT2D eigenvalue weighted by Gasteiger charge is 2.21. The fourth-order valence-electron chi connectivity index (χ4n) is 2.58. The van der Waals surface area contributed by atoms with Crippen molar-refractivity contribution in [3.63, 3.8) is 0 Å². The van der Waals surface area contributed by atoms with Gasteiger partial charge in [-0.2, -0.15) is 0 Å². The summed E-state index contributed by atoms with van der Waals surface area (Å²) < 4.78 is 1.06. The number of hydrogen-bond acceptors (Lipinski definition) is 3. The lowest BCUT2D eigenvalue weighted by Gasteiger charge is -2.28. The van der Waals surface area contributed by atoms with Crippen LogP contribution in [0, 0.1) is 0 Å². The maximum atomic E-state index is 12.4. The van der Waals surface area contributed by atoms with Crippen LogP contribution in [-0.4, -0.2) is 27.3 Å². The summed E-state index contributed by atoms with van der Waals surface area (Å²) in [5.41, 5.74) is 3.31. The standard InChI is InChI=1S/C16H16BrN3O/c17-14-4-2-1-3-12(14)5-6-16(21)20-8-7-15-13(10-20)9-18-11-19-15/h1-4,9,11H,5-8,10H2. The van der Waals surface area contributed by atoms with Gasteiger partial charge in [0.25, 0.3) is 0 Å². The van der Waals surface area contributed by atoms with Crippen molar-refractivity contribution in [3.8, 4) is 0 Å². The highest BCUT2D eigenvalue weighted by Crippen LogP contribution is 2.20. The lowest BCUT2D eigenvalue weighted by atomic mass is 10.1. The third kappa shape index (κ3) is 3.29. The SMILES string of the molecule is O=C(CCc1ccccc1Br)N1CCc2ncncc2C1. The molecule has 0 atom stereocenters. The molecule has 0 unspecified atom stereocenters. The Balaban J connectivity index is 1.61. The van der Waals surface area contributed by atoms with Gasteiger partial charge in [-0.05, 0) is 18.1 Å². The highest BCUT2D eigenvalue weighted by atomic mass is 79.9. The van der Waals surface area contributed by atoms with Crippen LogP contribution < -0.4 is 0 Å². The quantitative estimate of drug-likeness (QED) is 0.859. The van der Waals surface area contributed by atoms with Crippen molar-refractivity contribution in [2.45, 2.75) is 25.8 Å². The van der Waals surface area contributed by atoms with Crippen molar-refractivity contribution in [1.82, 2.24) is 14.9 Å². The minimum atomic E-state index is 0.195. The molecule has 2 aromatic rings. The highest BCUT2D eigenvalue weighted by molar-refractivity contribution is 9.10. The third-order valence-corrected chi connectivity index (χ3v) is 4.55. The minimum absolute atomic E-state index is 0.195. The van der Waals surface area contributed by atoms with Gasteiger partial charge in [0.15, 0.2) is 0 Å². The predicted molar refractivity (Wildman–Crippen MR) is 83.6 cm³/mol. The summed E-state index contributed by atoms with van der Waals surface area (Å²) in [6.07, 6.45) is 5.50. The number of halogens is 1. The van der Waals surface area contributed by atoms with Crippen LogP contribution in [0.15, 0.2) is 41.3 Å². The molecule has 1 aliphatic heterocycles. The van der Waals surface area contributed by atoms with Gasteiger partial charge in [-0.15, -0.1) is 0 Å². The molecule has 0 aliphatic carbocycles. The predicted octanol–water partition coefficient (Wildman–Crippen LogP) is 2.76. The Labute approximate surface area is 132 Å². The Kier molecular flexibility index (Phi) is 4.29. The first-order chi connectivity index (χ1) is 10.2. The van der Waals surface area contributed by atoms with Crippen molar-refractivity contribution < 1.29 is 4.79 Å². The molecule has 0 saturated carbocycles. The number of carbonyl (C=O) groups excluding carboxylic acids is 1. The van der Waals surface area contributed by atoms with Gasteiger partial charge in [-0.3, -0.25) is 4.79 Å². The first-order valence-electron chi connectivity index (χ1n) is 7.03. The summed E-state index contributed by atoms with van der Waals surface area (Å²) in [5.74, 6) is 0.195. The Bertz CT molecular complexity index is 659. The van der Waals surface area contributed by atoms with Crippen molar-refractivity contribution in [3.05, 3.63) is 58.1 Å². The molecule has 0 N–H and O–H groups in total. The number of benzene rings is 1. The second kappa shape index (κ2) is 6.35. The van der Waals surface area contributed by atoms with Crippen LogP contribution in [0.5, 0.6) is 0 Å². The fraction of sp³-hybridized carbons (Fsp3) is 0.312. The van der Waals surface area contributed by atoms with Gasteiger partial charge < -0.3 is 4.90 Å². The largest absolute Gasteiger partial charge is 0.338 e. The molecule has 4 nitrogen and oxygen atoms in total. The second-order valence-corrected chi connectivity index (χ2v) is 6.01. The Morgan fingerprint density at radius 1 is 1.33 bits per heavy atom. The van der Waals surface area contributed by atoms with Crippen molar-refractivity contribution in [2.24, 2.45) is 0 Å².